The molecular weight excluding hydrogens is 274 g/mol. The smallest absolute Gasteiger partial charge is 0.387 e. The van der Waals surface area contributed by atoms with Gasteiger partial charge in [0.15, 0.2) is 11.5 Å². The lowest BCUT2D eigenvalue weighted by atomic mass is 10.2. The number of halogens is 3. The zero-order chi connectivity index (χ0) is 11.4. The summed E-state index contributed by atoms with van der Waals surface area (Å²) in [6, 6.07) is 2.68. The van der Waals surface area contributed by atoms with Crippen molar-refractivity contribution >= 4 is 22.2 Å². The summed E-state index contributed by atoms with van der Waals surface area (Å²) in [6.45, 7) is -2.95. The van der Waals surface area contributed by atoms with Crippen molar-refractivity contribution in [2.75, 3.05) is 7.11 Å². The second-order valence-corrected chi connectivity index (χ2v) is 3.38. The van der Waals surface area contributed by atoms with E-state index in [0.29, 0.717) is 11.8 Å². The van der Waals surface area contributed by atoms with Gasteiger partial charge < -0.3 is 9.47 Å². The van der Waals surface area contributed by atoms with E-state index in [2.05, 4.69) is 20.7 Å². The van der Waals surface area contributed by atoms with E-state index < -0.39 is 6.61 Å². The highest BCUT2D eigenvalue weighted by Gasteiger charge is 2.15. The summed E-state index contributed by atoms with van der Waals surface area (Å²) in [5.41, 5.74) is 0.306. The number of alkyl halides is 2. The van der Waals surface area contributed by atoms with Crippen molar-refractivity contribution in [1.29, 1.82) is 0 Å². The van der Waals surface area contributed by atoms with E-state index in [-0.39, 0.29) is 16.0 Å². The first-order valence-electron chi connectivity index (χ1n) is 3.86. The predicted octanol–water partition coefficient (Wildman–Crippen LogP) is 2.87. The van der Waals surface area contributed by atoms with Crippen LogP contribution in [0.1, 0.15) is 10.4 Å². The Morgan fingerprint density at radius 3 is 2.60 bits per heavy atom. The fourth-order valence-corrected chi connectivity index (χ4v) is 1.56. The SMILES string of the molecule is COc1cc(C=O)cc(Br)c1OC(F)F. The van der Waals surface area contributed by atoms with E-state index in [4.69, 9.17) is 4.74 Å². The topological polar surface area (TPSA) is 35.5 Å². The van der Waals surface area contributed by atoms with Gasteiger partial charge in [-0.2, -0.15) is 8.78 Å². The molecule has 0 radical (unpaired) electrons. The molecule has 0 aliphatic carbocycles. The van der Waals surface area contributed by atoms with Gasteiger partial charge in [0.2, 0.25) is 0 Å². The largest absolute Gasteiger partial charge is 0.493 e. The maximum Gasteiger partial charge on any atom is 0.387 e. The minimum atomic E-state index is -2.95. The standard InChI is InChI=1S/C9H7BrF2O3/c1-14-7-3-5(4-13)2-6(10)8(7)15-9(11)12/h2-4,9H,1H3. The summed E-state index contributed by atoms with van der Waals surface area (Å²) in [6.07, 6.45) is 0.583. The van der Waals surface area contributed by atoms with E-state index in [1.807, 2.05) is 0 Å². The third-order valence-corrected chi connectivity index (χ3v) is 2.18. The molecule has 0 saturated heterocycles. The van der Waals surface area contributed by atoms with Crippen molar-refractivity contribution in [1.82, 2.24) is 0 Å². The molecular formula is C9H7BrF2O3. The van der Waals surface area contributed by atoms with Crippen LogP contribution in [0.3, 0.4) is 0 Å². The van der Waals surface area contributed by atoms with Crippen molar-refractivity contribution in [2.24, 2.45) is 0 Å². The van der Waals surface area contributed by atoms with E-state index in [9.17, 15) is 13.6 Å². The number of carbonyl (C=O) groups is 1. The average Bonchev–Trinajstić information content (AvgIpc) is 2.20. The maximum atomic E-state index is 12.0. The van der Waals surface area contributed by atoms with Gasteiger partial charge in [0.25, 0.3) is 0 Å². The number of hydrogen-bond acceptors (Lipinski definition) is 3. The van der Waals surface area contributed by atoms with Crippen molar-refractivity contribution in [3.05, 3.63) is 22.2 Å². The fraction of sp³-hybridized carbons (Fsp3) is 0.222. The molecule has 0 amide bonds. The van der Waals surface area contributed by atoms with Crippen LogP contribution < -0.4 is 9.47 Å². The molecule has 6 heteroatoms. The number of benzene rings is 1. The van der Waals surface area contributed by atoms with Gasteiger partial charge in [-0.3, -0.25) is 4.79 Å². The summed E-state index contributed by atoms with van der Waals surface area (Å²) in [5.74, 6) is -0.0510. The number of aldehydes is 1. The molecule has 0 bridgehead atoms. The maximum absolute atomic E-state index is 12.0. The highest BCUT2D eigenvalue weighted by Crippen LogP contribution is 2.37. The molecule has 1 aromatic rings. The summed E-state index contributed by atoms with van der Waals surface area (Å²) >= 11 is 3.01. The van der Waals surface area contributed by atoms with Crippen molar-refractivity contribution in [3.63, 3.8) is 0 Å². The summed E-state index contributed by atoms with van der Waals surface area (Å²) < 4.78 is 33.4. The highest BCUT2D eigenvalue weighted by molar-refractivity contribution is 9.10. The van der Waals surface area contributed by atoms with Gasteiger partial charge in [0.05, 0.1) is 11.6 Å². The van der Waals surface area contributed by atoms with Crippen LogP contribution in [-0.4, -0.2) is 20.0 Å². The third-order valence-electron chi connectivity index (χ3n) is 1.59. The van der Waals surface area contributed by atoms with Crippen molar-refractivity contribution in [2.45, 2.75) is 6.61 Å². The molecule has 0 saturated carbocycles. The van der Waals surface area contributed by atoms with Gasteiger partial charge in [-0.1, -0.05) is 0 Å². The van der Waals surface area contributed by atoms with Gasteiger partial charge >= 0.3 is 6.61 Å². The van der Waals surface area contributed by atoms with Crippen LogP contribution in [0.15, 0.2) is 16.6 Å². The first-order chi connectivity index (χ1) is 7.08. The zero-order valence-electron chi connectivity index (χ0n) is 7.67. The summed E-state index contributed by atoms with van der Waals surface area (Å²) in [4.78, 5) is 10.5. The van der Waals surface area contributed by atoms with Gasteiger partial charge in [0, 0.05) is 5.56 Å². The Hall–Kier alpha value is -1.17. The van der Waals surface area contributed by atoms with Crippen LogP contribution >= 0.6 is 15.9 Å². The molecule has 3 nitrogen and oxygen atoms in total. The monoisotopic (exact) mass is 280 g/mol. The van der Waals surface area contributed by atoms with Crippen LogP contribution in [0.4, 0.5) is 8.78 Å². The quantitative estimate of drug-likeness (QED) is 0.796. The first-order valence-corrected chi connectivity index (χ1v) is 4.65. The molecule has 1 rings (SSSR count). The Kier molecular flexibility index (Phi) is 4.02. The summed E-state index contributed by atoms with van der Waals surface area (Å²) in [5, 5.41) is 0. The number of ether oxygens (including phenoxy) is 2. The number of methoxy groups -OCH3 is 1. The normalized spacial score (nSPS) is 10.2. The lowest BCUT2D eigenvalue weighted by molar-refractivity contribution is -0.0517. The van der Waals surface area contributed by atoms with Crippen molar-refractivity contribution < 1.29 is 23.0 Å². The highest BCUT2D eigenvalue weighted by atomic mass is 79.9. The first kappa shape index (κ1) is 11.9. The Labute approximate surface area is 93.1 Å². The lowest BCUT2D eigenvalue weighted by Crippen LogP contribution is -2.04. The molecule has 1 aromatic carbocycles. The Morgan fingerprint density at radius 2 is 2.13 bits per heavy atom. The van der Waals surface area contributed by atoms with Crippen LogP contribution in [0.25, 0.3) is 0 Å². The molecule has 0 heterocycles. The predicted molar refractivity (Wildman–Crippen MR) is 52.7 cm³/mol. The summed E-state index contributed by atoms with van der Waals surface area (Å²) in [7, 11) is 1.30. The minimum Gasteiger partial charge on any atom is -0.493 e. The Bertz CT molecular complexity index is 369. The fourth-order valence-electron chi connectivity index (χ4n) is 1.01. The van der Waals surface area contributed by atoms with Crippen LogP contribution in [0.5, 0.6) is 11.5 Å². The van der Waals surface area contributed by atoms with Gasteiger partial charge in [-0.25, -0.2) is 0 Å². The van der Waals surface area contributed by atoms with E-state index >= 15 is 0 Å². The van der Waals surface area contributed by atoms with E-state index in [0.717, 1.165) is 0 Å². The Morgan fingerprint density at radius 1 is 1.47 bits per heavy atom. The third kappa shape index (κ3) is 2.89. The second-order valence-electron chi connectivity index (χ2n) is 2.53. The van der Waals surface area contributed by atoms with Gasteiger partial charge in [-0.05, 0) is 28.1 Å². The second kappa shape index (κ2) is 5.06. The lowest BCUT2D eigenvalue weighted by Gasteiger charge is -2.11. The van der Waals surface area contributed by atoms with Crippen molar-refractivity contribution in [3.8, 4) is 11.5 Å². The van der Waals surface area contributed by atoms with Crippen LogP contribution in [0.2, 0.25) is 0 Å². The minimum absolute atomic E-state index is 0.0757. The molecule has 0 atom stereocenters. The molecule has 82 valence electrons. The average molecular weight is 281 g/mol. The Balaban J connectivity index is 3.18. The van der Waals surface area contributed by atoms with E-state index in [1.54, 1.807) is 0 Å². The number of hydrogen-bond donors (Lipinski definition) is 0. The van der Waals surface area contributed by atoms with E-state index in [1.165, 1.54) is 19.2 Å². The molecule has 0 unspecified atom stereocenters. The van der Waals surface area contributed by atoms with Gasteiger partial charge in [0.1, 0.15) is 6.29 Å². The molecule has 0 fully saturated rings. The number of rotatable bonds is 4. The molecule has 0 aliphatic heterocycles. The van der Waals surface area contributed by atoms with Gasteiger partial charge in [-0.15, -0.1) is 0 Å². The molecule has 0 spiro atoms. The zero-order valence-corrected chi connectivity index (χ0v) is 9.25. The molecule has 0 aromatic heterocycles. The molecule has 15 heavy (non-hydrogen) atoms. The van der Waals surface area contributed by atoms with Crippen LogP contribution in [0, 0.1) is 0 Å². The molecule has 0 N–H and O–H groups in total. The van der Waals surface area contributed by atoms with Crippen LogP contribution in [-0.2, 0) is 0 Å². The number of carbonyl (C=O) groups excluding carboxylic acids is 1. The molecule has 0 aliphatic rings.